The predicted octanol–water partition coefficient (Wildman–Crippen LogP) is 3.90. The number of nitrogens with zero attached hydrogens (tertiary/aromatic N) is 1. The number of amides is 1. The zero-order valence-electron chi connectivity index (χ0n) is 16.4. The zero-order chi connectivity index (χ0) is 20.4. The summed E-state index contributed by atoms with van der Waals surface area (Å²) >= 11 is 0. The van der Waals surface area contributed by atoms with Crippen LogP contribution in [-0.4, -0.2) is 16.2 Å². The van der Waals surface area contributed by atoms with Crippen LogP contribution in [0.1, 0.15) is 43.4 Å². The lowest BCUT2D eigenvalue weighted by atomic mass is 9.83. The minimum Gasteiger partial charge on any atom is -0.375 e. The van der Waals surface area contributed by atoms with Crippen LogP contribution in [0.4, 0.5) is 5.69 Å². The van der Waals surface area contributed by atoms with Gasteiger partial charge in [0.2, 0.25) is 0 Å². The molecule has 150 valence electrons. The first kappa shape index (κ1) is 19.3. The molecule has 0 spiro atoms. The van der Waals surface area contributed by atoms with Crippen molar-refractivity contribution in [2.45, 2.75) is 44.6 Å². The van der Waals surface area contributed by atoms with Gasteiger partial charge in [-0.05, 0) is 43.0 Å². The summed E-state index contributed by atoms with van der Waals surface area (Å²) in [5.41, 5.74) is -0.498. The summed E-state index contributed by atoms with van der Waals surface area (Å²) in [4.78, 5) is 25.1. The molecule has 1 saturated carbocycles. The van der Waals surface area contributed by atoms with E-state index in [4.69, 9.17) is 4.52 Å². The average Bonchev–Trinajstić information content (AvgIpc) is 3.24. The lowest BCUT2D eigenvalue weighted by molar-refractivity contribution is -0.137. The van der Waals surface area contributed by atoms with Gasteiger partial charge in [0.05, 0.1) is 11.1 Å². The lowest BCUT2D eigenvalue weighted by Gasteiger charge is -2.30. The molecule has 1 heterocycles. The van der Waals surface area contributed by atoms with E-state index in [1.165, 1.54) is 0 Å². The molecule has 6 nitrogen and oxygen atoms in total. The van der Waals surface area contributed by atoms with Gasteiger partial charge in [0.15, 0.2) is 5.60 Å². The van der Waals surface area contributed by atoms with Crippen LogP contribution >= 0.6 is 0 Å². The Labute approximate surface area is 168 Å². The molecule has 29 heavy (non-hydrogen) atoms. The molecule has 1 fully saturated rings. The number of rotatable bonds is 5. The van der Waals surface area contributed by atoms with Crippen molar-refractivity contribution in [3.05, 3.63) is 70.2 Å². The normalized spacial score (nSPS) is 16.6. The van der Waals surface area contributed by atoms with Crippen LogP contribution in [0, 0.1) is 12.8 Å². The van der Waals surface area contributed by atoms with E-state index < -0.39 is 17.1 Å². The van der Waals surface area contributed by atoms with E-state index in [1.807, 2.05) is 18.2 Å². The van der Waals surface area contributed by atoms with Crippen LogP contribution in [0.3, 0.4) is 0 Å². The quantitative estimate of drug-likeness (QED) is 0.687. The zero-order valence-corrected chi connectivity index (χ0v) is 16.4. The van der Waals surface area contributed by atoms with Crippen molar-refractivity contribution in [2.75, 3.05) is 5.32 Å². The second-order valence-electron chi connectivity index (χ2n) is 7.85. The van der Waals surface area contributed by atoms with Gasteiger partial charge in [-0.3, -0.25) is 4.79 Å². The molecule has 1 unspecified atom stereocenters. The van der Waals surface area contributed by atoms with E-state index in [-0.39, 0.29) is 0 Å². The number of nitrogens with one attached hydrogen (secondary N) is 1. The molecule has 1 amide bonds. The third-order valence-corrected chi connectivity index (χ3v) is 5.84. The van der Waals surface area contributed by atoms with Crippen LogP contribution in [0.2, 0.25) is 0 Å². The Morgan fingerprint density at radius 3 is 2.62 bits per heavy atom. The van der Waals surface area contributed by atoms with Gasteiger partial charge < -0.3 is 14.9 Å². The number of carbonyl (C=O) groups excluding carboxylic acids is 1. The van der Waals surface area contributed by atoms with E-state index in [0.717, 1.165) is 25.7 Å². The second-order valence-corrected chi connectivity index (χ2v) is 7.85. The first-order valence-corrected chi connectivity index (χ1v) is 9.97. The standard InChI is InChI=1S/C23H24N2O4/c1-15-20-13-18(11-12-19(20)21(26)29-25-15)24-22(27)23(28,14-16-7-5-6-8-16)17-9-3-2-4-10-17/h2-4,9-13,16,28H,5-8,14H2,1H3,(H,24,27). The van der Waals surface area contributed by atoms with Gasteiger partial charge in [-0.15, -0.1) is 0 Å². The summed E-state index contributed by atoms with van der Waals surface area (Å²) in [6.07, 6.45) is 4.71. The van der Waals surface area contributed by atoms with Gasteiger partial charge >= 0.3 is 5.63 Å². The predicted molar refractivity (Wildman–Crippen MR) is 111 cm³/mol. The van der Waals surface area contributed by atoms with Crippen molar-refractivity contribution in [1.82, 2.24) is 5.16 Å². The topological polar surface area (TPSA) is 92.4 Å². The summed E-state index contributed by atoms with van der Waals surface area (Å²) in [7, 11) is 0. The van der Waals surface area contributed by atoms with Crippen molar-refractivity contribution in [3.63, 3.8) is 0 Å². The number of hydrogen-bond acceptors (Lipinski definition) is 5. The minimum atomic E-state index is -1.62. The number of carbonyl (C=O) groups is 1. The Kier molecular flexibility index (Phi) is 5.20. The number of aliphatic hydroxyl groups is 1. The number of aryl methyl sites for hydroxylation is 1. The Hall–Kier alpha value is -2.99. The molecular weight excluding hydrogens is 368 g/mol. The molecule has 0 bridgehead atoms. The fourth-order valence-electron chi connectivity index (χ4n) is 4.23. The van der Waals surface area contributed by atoms with Gasteiger partial charge in [-0.1, -0.05) is 61.2 Å². The van der Waals surface area contributed by atoms with Crippen molar-refractivity contribution >= 4 is 22.4 Å². The maximum Gasteiger partial charge on any atom is 0.366 e. The molecule has 0 saturated heterocycles. The van der Waals surface area contributed by atoms with Gasteiger partial charge in [0, 0.05) is 11.1 Å². The SMILES string of the molecule is Cc1noc(=O)c2ccc(NC(=O)C(O)(CC3CCCC3)c3ccccc3)cc12. The smallest absolute Gasteiger partial charge is 0.366 e. The van der Waals surface area contributed by atoms with E-state index in [0.29, 0.717) is 40.1 Å². The summed E-state index contributed by atoms with van der Waals surface area (Å²) < 4.78 is 4.75. The maximum atomic E-state index is 13.3. The molecule has 3 aromatic rings. The molecule has 0 radical (unpaired) electrons. The molecule has 1 atom stereocenters. The molecule has 2 N–H and O–H groups in total. The largest absolute Gasteiger partial charge is 0.375 e. The highest BCUT2D eigenvalue weighted by atomic mass is 16.5. The highest BCUT2D eigenvalue weighted by molar-refractivity contribution is 5.99. The number of fused-ring (bicyclic) bond motifs is 1. The van der Waals surface area contributed by atoms with Crippen molar-refractivity contribution in [3.8, 4) is 0 Å². The van der Waals surface area contributed by atoms with Crippen molar-refractivity contribution in [2.24, 2.45) is 5.92 Å². The number of hydrogen-bond donors (Lipinski definition) is 2. The summed E-state index contributed by atoms with van der Waals surface area (Å²) in [6.45, 7) is 1.73. The van der Waals surface area contributed by atoms with Crippen LogP contribution in [-0.2, 0) is 10.4 Å². The van der Waals surface area contributed by atoms with Gasteiger partial charge in [-0.2, -0.15) is 0 Å². The Balaban J connectivity index is 1.67. The fourth-order valence-corrected chi connectivity index (χ4v) is 4.23. The Morgan fingerprint density at radius 2 is 1.90 bits per heavy atom. The molecule has 2 aromatic carbocycles. The highest BCUT2D eigenvalue weighted by Crippen LogP contribution is 2.37. The molecule has 0 aliphatic heterocycles. The molecule has 1 aromatic heterocycles. The monoisotopic (exact) mass is 392 g/mol. The first-order valence-electron chi connectivity index (χ1n) is 9.97. The second kappa shape index (κ2) is 7.79. The minimum absolute atomic E-state index is 0.318. The first-order chi connectivity index (χ1) is 14.0. The molecule has 1 aliphatic rings. The van der Waals surface area contributed by atoms with Crippen molar-refractivity contribution < 1.29 is 14.4 Å². The number of anilines is 1. The van der Waals surface area contributed by atoms with Crippen LogP contribution in [0.15, 0.2) is 57.8 Å². The third-order valence-electron chi connectivity index (χ3n) is 5.84. The van der Waals surface area contributed by atoms with Crippen molar-refractivity contribution in [1.29, 1.82) is 0 Å². The van der Waals surface area contributed by atoms with Crippen LogP contribution in [0.5, 0.6) is 0 Å². The third kappa shape index (κ3) is 3.80. The summed E-state index contributed by atoms with van der Waals surface area (Å²) in [5, 5.41) is 19.1. The van der Waals surface area contributed by atoms with Crippen LogP contribution < -0.4 is 10.9 Å². The highest BCUT2D eigenvalue weighted by Gasteiger charge is 2.40. The maximum absolute atomic E-state index is 13.3. The summed E-state index contributed by atoms with van der Waals surface area (Å²) in [5.74, 6) is -0.151. The Morgan fingerprint density at radius 1 is 1.17 bits per heavy atom. The van der Waals surface area contributed by atoms with E-state index in [2.05, 4.69) is 10.5 Å². The van der Waals surface area contributed by atoms with E-state index >= 15 is 0 Å². The van der Waals surface area contributed by atoms with Crippen LogP contribution in [0.25, 0.3) is 10.8 Å². The van der Waals surface area contributed by atoms with Gasteiger partial charge in [-0.25, -0.2) is 4.79 Å². The average molecular weight is 392 g/mol. The number of aromatic nitrogens is 1. The van der Waals surface area contributed by atoms with E-state index in [1.54, 1.807) is 37.3 Å². The Bertz CT molecular complexity index is 1090. The summed E-state index contributed by atoms with van der Waals surface area (Å²) in [6, 6.07) is 14.0. The molecule has 4 rings (SSSR count). The fraction of sp³-hybridized carbons (Fsp3) is 0.348. The molecule has 6 heteroatoms. The van der Waals surface area contributed by atoms with Gasteiger partial charge in [0.25, 0.3) is 5.91 Å². The lowest BCUT2D eigenvalue weighted by Crippen LogP contribution is -2.41. The molecular formula is C23H24N2O4. The van der Waals surface area contributed by atoms with E-state index in [9.17, 15) is 14.7 Å². The molecule has 1 aliphatic carbocycles. The number of benzene rings is 2. The van der Waals surface area contributed by atoms with Gasteiger partial charge in [0.1, 0.15) is 0 Å².